The number of nitrogens with zero attached hydrogens (tertiary/aromatic N) is 4. The van der Waals surface area contributed by atoms with Gasteiger partial charge in [0.1, 0.15) is 5.75 Å². The Balaban J connectivity index is 1.68. The molecule has 2 aromatic carbocycles. The van der Waals surface area contributed by atoms with Crippen molar-refractivity contribution in [3.05, 3.63) is 59.2 Å². The summed E-state index contributed by atoms with van der Waals surface area (Å²) in [5.41, 5.74) is 4.66. The van der Waals surface area contributed by atoms with Crippen LogP contribution in [0.2, 0.25) is 0 Å². The molecule has 5 nitrogen and oxygen atoms in total. The normalized spacial score (nSPS) is 10.8. The van der Waals surface area contributed by atoms with Crippen LogP contribution < -0.4 is 4.74 Å². The predicted octanol–water partition coefficient (Wildman–Crippen LogP) is 3.62. The minimum absolute atomic E-state index is 0.817. The van der Waals surface area contributed by atoms with Crippen LogP contribution in [0.15, 0.2) is 47.6 Å². The van der Waals surface area contributed by atoms with Crippen molar-refractivity contribution in [2.75, 3.05) is 12.9 Å². The predicted molar refractivity (Wildman–Crippen MR) is 96.1 cm³/mol. The number of benzene rings is 2. The molecule has 124 valence electrons. The van der Waals surface area contributed by atoms with Crippen LogP contribution in [0.25, 0.3) is 5.69 Å². The van der Waals surface area contributed by atoms with E-state index in [-0.39, 0.29) is 0 Å². The summed E-state index contributed by atoms with van der Waals surface area (Å²) in [6.07, 6.45) is 0.953. The van der Waals surface area contributed by atoms with Gasteiger partial charge in [0.15, 0.2) is 0 Å². The molecule has 3 aromatic rings. The maximum atomic E-state index is 5.18. The molecular weight excluding hydrogens is 320 g/mol. The smallest absolute Gasteiger partial charge is 0.214 e. The number of ether oxygens (including phenoxy) is 1. The molecule has 6 heteroatoms. The lowest BCUT2D eigenvalue weighted by Gasteiger charge is -2.08. The maximum absolute atomic E-state index is 5.18. The van der Waals surface area contributed by atoms with Crippen LogP contribution in [0.5, 0.6) is 5.75 Å². The highest BCUT2D eigenvalue weighted by molar-refractivity contribution is 7.99. The second-order valence-corrected chi connectivity index (χ2v) is 6.67. The van der Waals surface area contributed by atoms with Crippen LogP contribution in [0.4, 0.5) is 0 Å². The first-order valence-corrected chi connectivity index (χ1v) is 8.77. The number of hydrogen-bond donors (Lipinski definition) is 0. The Morgan fingerprint density at radius 1 is 1.08 bits per heavy atom. The number of aryl methyl sites for hydroxylation is 3. The Bertz CT molecular complexity index is 814. The molecule has 0 saturated carbocycles. The molecule has 0 unspecified atom stereocenters. The fourth-order valence-corrected chi connectivity index (χ4v) is 3.29. The van der Waals surface area contributed by atoms with E-state index in [0.717, 1.165) is 34.3 Å². The molecule has 3 rings (SSSR count). The number of hydrogen-bond acceptors (Lipinski definition) is 5. The second kappa shape index (κ2) is 7.49. The molecule has 0 radical (unpaired) electrons. The van der Waals surface area contributed by atoms with E-state index >= 15 is 0 Å². The van der Waals surface area contributed by atoms with Gasteiger partial charge < -0.3 is 4.74 Å². The van der Waals surface area contributed by atoms with Crippen LogP contribution in [0.3, 0.4) is 0 Å². The summed E-state index contributed by atoms with van der Waals surface area (Å²) >= 11 is 1.66. The van der Waals surface area contributed by atoms with Crippen molar-refractivity contribution < 1.29 is 4.74 Å². The van der Waals surface area contributed by atoms with Gasteiger partial charge in [-0.15, -0.1) is 5.10 Å². The van der Waals surface area contributed by atoms with E-state index in [4.69, 9.17) is 4.74 Å². The van der Waals surface area contributed by atoms with Gasteiger partial charge >= 0.3 is 0 Å². The first-order chi connectivity index (χ1) is 11.7. The summed E-state index contributed by atoms with van der Waals surface area (Å²) in [6.45, 7) is 4.14. The first kappa shape index (κ1) is 16.5. The number of thioether (sulfide) groups is 1. The summed E-state index contributed by atoms with van der Waals surface area (Å²) < 4.78 is 7.00. The van der Waals surface area contributed by atoms with Crippen molar-refractivity contribution in [2.45, 2.75) is 25.4 Å². The molecule has 0 amide bonds. The SMILES string of the molecule is COc1ccc(CCSc2nnnn2-c2cc(C)ccc2C)cc1. The van der Waals surface area contributed by atoms with Gasteiger partial charge in [-0.3, -0.25) is 0 Å². The molecule has 1 heterocycles. The average molecular weight is 340 g/mol. The number of tetrazole rings is 1. The molecule has 24 heavy (non-hydrogen) atoms. The third-order valence-corrected chi connectivity index (χ3v) is 4.74. The van der Waals surface area contributed by atoms with Crippen molar-refractivity contribution in [2.24, 2.45) is 0 Å². The third kappa shape index (κ3) is 3.76. The highest BCUT2D eigenvalue weighted by Crippen LogP contribution is 2.22. The summed E-state index contributed by atoms with van der Waals surface area (Å²) in [4.78, 5) is 0. The van der Waals surface area contributed by atoms with Gasteiger partial charge in [0.05, 0.1) is 12.8 Å². The van der Waals surface area contributed by atoms with Crippen molar-refractivity contribution in [3.63, 3.8) is 0 Å². The fourth-order valence-electron chi connectivity index (χ4n) is 2.42. The van der Waals surface area contributed by atoms with Crippen molar-refractivity contribution >= 4 is 11.8 Å². The summed E-state index contributed by atoms with van der Waals surface area (Å²) in [5.74, 6) is 1.79. The fraction of sp³-hybridized carbons (Fsp3) is 0.278. The van der Waals surface area contributed by atoms with Crippen molar-refractivity contribution in [1.29, 1.82) is 0 Å². The van der Waals surface area contributed by atoms with Gasteiger partial charge in [0.2, 0.25) is 5.16 Å². The molecule has 0 N–H and O–H groups in total. The van der Waals surface area contributed by atoms with Crippen molar-refractivity contribution in [1.82, 2.24) is 20.2 Å². The van der Waals surface area contributed by atoms with E-state index in [1.54, 1.807) is 18.9 Å². The number of rotatable bonds is 6. The third-order valence-electron chi connectivity index (χ3n) is 3.81. The molecule has 0 saturated heterocycles. The lowest BCUT2D eigenvalue weighted by atomic mass is 10.1. The van der Waals surface area contributed by atoms with Crippen molar-refractivity contribution in [3.8, 4) is 11.4 Å². The van der Waals surface area contributed by atoms with Crippen LogP contribution in [0.1, 0.15) is 16.7 Å². The minimum Gasteiger partial charge on any atom is -0.497 e. The number of aromatic nitrogens is 4. The Morgan fingerprint density at radius 3 is 2.62 bits per heavy atom. The van der Waals surface area contributed by atoms with E-state index in [9.17, 15) is 0 Å². The van der Waals surface area contributed by atoms with Gasteiger partial charge in [0.25, 0.3) is 0 Å². The summed E-state index contributed by atoms with van der Waals surface area (Å²) in [6, 6.07) is 14.5. The molecule has 0 aliphatic rings. The maximum Gasteiger partial charge on any atom is 0.214 e. The number of methoxy groups -OCH3 is 1. The van der Waals surface area contributed by atoms with E-state index in [2.05, 4.69) is 59.7 Å². The van der Waals surface area contributed by atoms with Crippen LogP contribution in [-0.2, 0) is 6.42 Å². The average Bonchev–Trinajstić information content (AvgIpc) is 3.06. The Hall–Kier alpha value is -2.34. The standard InChI is InChI=1S/C18H20N4OS/c1-13-4-5-14(2)17(12-13)22-18(19-20-21-22)24-11-10-15-6-8-16(23-3)9-7-15/h4-9,12H,10-11H2,1-3H3. The molecule has 0 bridgehead atoms. The van der Waals surface area contributed by atoms with Gasteiger partial charge in [-0.1, -0.05) is 36.0 Å². The van der Waals surface area contributed by atoms with Gasteiger partial charge in [0, 0.05) is 5.75 Å². The van der Waals surface area contributed by atoms with Crippen LogP contribution in [-0.4, -0.2) is 33.1 Å². The van der Waals surface area contributed by atoms with E-state index in [1.807, 2.05) is 16.8 Å². The highest BCUT2D eigenvalue weighted by atomic mass is 32.2. The molecule has 0 spiro atoms. The van der Waals surface area contributed by atoms with Gasteiger partial charge in [-0.05, 0) is 65.6 Å². The lowest BCUT2D eigenvalue weighted by Crippen LogP contribution is -2.02. The molecule has 0 aliphatic heterocycles. The van der Waals surface area contributed by atoms with E-state index < -0.39 is 0 Å². The Labute approximate surface area is 146 Å². The molecule has 1 aromatic heterocycles. The Kier molecular flexibility index (Phi) is 5.15. The monoisotopic (exact) mass is 340 g/mol. The van der Waals surface area contributed by atoms with Gasteiger partial charge in [-0.25, -0.2) is 0 Å². The molecule has 0 atom stereocenters. The highest BCUT2D eigenvalue weighted by Gasteiger charge is 2.11. The topological polar surface area (TPSA) is 52.8 Å². The largest absolute Gasteiger partial charge is 0.497 e. The summed E-state index contributed by atoms with van der Waals surface area (Å²) in [7, 11) is 1.68. The zero-order valence-corrected chi connectivity index (χ0v) is 14.9. The molecule has 0 fully saturated rings. The second-order valence-electron chi connectivity index (χ2n) is 5.61. The lowest BCUT2D eigenvalue weighted by molar-refractivity contribution is 0.414. The van der Waals surface area contributed by atoms with Gasteiger partial charge in [-0.2, -0.15) is 4.68 Å². The quantitative estimate of drug-likeness (QED) is 0.642. The Morgan fingerprint density at radius 2 is 1.88 bits per heavy atom. The zero-order valence-electron chi connectivity index (χ0n) is 14.1. The van der Waals surface area contributed by atoms with Crippen LogP contribution >= 0.6 is 11.8 Å². The van der Waals surface area contributed by atoms with E-state index in [0.29, 0.717) is 0 Å². The zero-order chi connectivity index (χ0) is 16.9. The van der Waals surface area contributed by atoms with Crippen LogP contribution in [0, 0.1) is 13.8 Å². The minimum atomic E-state index is 0.817. The molecule has 0 aliphatic carbocycles. The summed E-state index contributed by atoms with van der Waals surface area (Å²) in [5, 5.41) is 13.0. The first-order valence-electron chi connectivity index (χ1n) is 7.79. The molecular formula is C18H20N4OS. The van der Waals surface area contributed by atoms with E-state index in [1.165, 1.54) is 11.1 Å².